The number of methoxy groups -OCH3 is 1. The average molecular weight is 1050 g/mol. The lowest BCUT2D eigenvalue weighted by Crippen LogP contribution is -2.61. The summed E-state index contributed by atoms with van der Waals surface area (Å²) in [6.45, 7) is 16.8. The van der Waals surface area contributed by atoms with Crippen LogP contribution in [0.3, 0.4) is 0 Å². The Labute approximate surface area is 426 Å². The number of likely N-dealkylation sites (N-methyl/N-ethyl adjacent to an activating group) is 2. The first kappa shape index (κ1) is 60.9. The van der Waals surface area contributed by atoms with Crippen LogP contribution in [0.15, 0.2) is 24.4 Å². The highest BCUT2D eigenvalue weighted by atomic mass is 19.4. The fourth-order valence-corrected chi connectivity index (χ4v) is 11.1. The first-order valence-corrected chi connectivity index (χ1v) is 25.5. The van der Waals surface area contributed by atoms with Crippen LogP contribution in [0.4, 0.5) is 22.0 Å². The monoisotopic (exact) mass is 1050 g/mol. The van der Waals surface area contributed by atoms with Crippen molar-refractivity contribution in [3.05, 3.63) is 47.0 Å². The van der Waals surface area contributed by atoms with Gasteiger partial charge in [-0.05, 0) is 112 Å². The Kier molecular flexibility index (Phi) is 20.5. The van der Waals surface area contributed by atoms with E-state index in [2.05, 4.69) is 10.3 Å². The Hall–Kier alpha value is -3.00. The van der Waals surface area contributed by atoms with E-state index in [1.54, 1.807) is 62.6 Å². The van der Waals surface area contributed by atoms with E-state index in [1.165, 1.54) is 24.9 Å². The maximum absolute atomic E-state index is 14.5. The third kappa shape index (κ3) is 14.3. The van der Waals surface area contributed by atoms with E-state index < -0.39 is 138 Å². The van der Waals surface area contributed by atoms with Crippen LogP contribution in [-0.2, 0) is 52.2 Å². The highest BCUT2D eigenvalue weighted by Crippen LogP contribution is 2.41. The van der Waals surface area contributed by atoms with Crippen molar-refractivity contribution in [2.75, 3.05) is 41.0 Å². The van der Waals surface area contributed by atoms with Gasteiger partial charge in [0.05, 0.1) is 58.8 Å². The number of cyclic esters (lactones) is 1. The zero-order valence-electron chi connectivity index (χ0n) is 44.6. The van der Waals surface area contributed by atoms with Gasteiger partial charge in [-0.25, -0.2) is 13.5 Å². The van der Waals surface area contributed by atoms with E-state index in [4.69, 9.17) is 28.4 Å². The van der Waals surface area contributed by atoms with E-state index in [1.807, 2.05) is 23.6 Å². The second-order valence-electron chi connectivity index (χ2n) is 21.9. The van der Waals surface area contributed by atoms with E-state index in [-0.39, 0.29) is 43.6 Å². The van der Waals surface area contributed by atoms with Crippen molar-refractivity contribution in [2.24, 2.45) is 17.8 Å². The molecule has 0 bridgehead atoms. The molecule has 5 N–H and O–H groups in total. The summed E-state index contributed by atoms with van der Waals surface area (Å²) in [6, 6.07) is 0.302. The molecular weight excluding hydrogens is 970 g/mol. The lowest BCUT2D eigenvalue weighted by molar-refractivity contribution is -0.318. The number of aromatic nitrogens is 3. The second kappa shape index (κ2) is 24.6. The average Bonchev–Trinajstić information content (AvgIpc) is 3.79. The van der Waals surface area contributed by atoms with Crippen molar-refractivity contribution in [3.8, 4) is 0 Å². The standard InChI is InChI=1S/C51H82F5N5O12/c1-14-39-50(10,67)43(63)31(6)60(12)25-27(2)22-48(8,66)45(29(4)42(30(5)46(65)71-39)72-40-23-49(9,68-13)44(64)32(7)70-40)73-47-41(62)38(19-28(3)69-47)59(11)18-17-34-26-61(58-57-34)35(24-52)20-33-15-16-36(37(53)21-33)51(54,55)56/h15-16,21,26-32,35,38-45,47,62-64,66-67H,14,17-20,22-25H2,1-13H3/t27-,28-,29+,30-,31-,32+,35+,38+,39-,40+,41-,42+,43-,44+,45-,47+,48-,49-,50-/m1/s1. The van der Waals surface area contributed by atoms with Gasteiger partial charge >= 0.3 is 12.1 Å². The quantitative estimate of drug-likeness (QED) is 0.124. The molecule has 22 heteroatoms. The van der Waals surface area contributed by atoms with Gasteiger partial charge in [-0.2, -0.15) is 13.2 Å². The summed E-state index contributed by atoms with van der Waals surface area (Å²) in [4.78, 5) is 18.2. The molecule has 4 heterocycles. The summed E-state index contributed by atoms with van der Waals surface area (Å²) in [5.74, 6) is -4.50. The molecule has 0 amide bonds. The highest BCUT2D eigenvalue weighted by molar-refractivity contribution is 5.73. The van der Waals surface area contributed by atoms with Crippen LogP contribution in [0.1, 0.15) is 118 Å². The number of aliphatic hydroxyl groups excluding tert-OH is 3. The fraction of sp³-hybridized carbons (Fsp3) is 0.824. The van der Waals surface area contributed by atoms with Crippen molar-refractivity contribution < 1.29 is 80.7 Å². The van der Waals surface area contributed by atoms with Gasteiger partial charge in [0.1, 0.15) is 42.5 Å². The Balaban J connectivity index is 1.43. The number of hydrogen-bond donors (Lipinski definition) is 5. The first-order chi connectivity index (χ1) is 33.9. The zero-order chi connectivity index (χ0) is 54.7. The Morgan fingerprint density at radius 3 is 2.27 bits per heavy atom. The molecule has 3 saturated heterocycles. The number of alkyl halides is 4. The van der Waals surface area contributed by atoms with Gasteiger partial charge in [0.25, 0.3) is 0 Å². The summed E-state index contributed by atoms with van der Waals surface area (Å²) in [5, 5.41) is 67.8. The Morgan fingerprint density at radius 2 is 1.67 bits per heavy atom. The smallest absolute Gasteiger partial charge is 0.419 e. The van der Waals surface area contributed by atoms with Gasteiger partial charge in [0, 0.05) is 57.2 Å². The molecule has 5 rings (SSSR count). The molecule has 0 aliphatic carbocycles. The number of halogens is 5. The summed E-state index contributed by atoms with van der Waals surface area (Å²) in [5.41, 5.74) is -5.50. The summed E-state index contributed by atoms with van der Waals surface area (Å²) in [6.07, 6.45) is -13.3. The molecule has 17 nitrogen and oxygen atoms in total. The van der Waals surface area contributed by atoms with Gasteiger partial charge < -0.3 is 63.8 Å². The predicted octanol–water partition coefficient (Wildman–Crippen LogP) is 5.02. The van der Waals surface area contributed by atoms with Crippen molar-refractivity contribution in [3.63, 3.8) is 0 Å². The lowest BCUT2D eigenvalue weighted by atomic mass is 9.77. The number of aliphatic hydroxyl groups is 5. The van der Waals surface area contributed by atoms with Gasteiger partial charge in [0.15, 0.2) is 12.6 Å². The van der Waals surface area contributed by atoms with Crippen LogP contribution >= 0.6 is 0 Å². The molecule has 0 spiro atoms. The SMILES string of the molecule is CC[C@H]1OC(=O)[C@H](C)[C@@H](O[C@H]2C[C@@](C)(OC)[C@@H](O)[C@H](C)O2)[C@H](C)[C@@H](O[C@@H]2O[C@H](C)C[C@H](N(C)CCc3cn([C@H](CF)Cc4ccc(C(F)(F)F)c(F)c4)nn3)[C@H]2O)[C@](C)(O)C[C@@H](C)CN(C)[C@H](C)[C@@H](O)[C@]1(C)O. The minimum Gasteiger partial charge on any atom is -0.459 e. The number of hydrogen-bond acceptors (Lipinski definition) is 16. The number of rotatable bonds is 14. The lowest BCUT2D eigenvalue weighted by Gasteiger charge is -2.49. The molecular formula is C51H82F5N5O12. The number of esters is 1. The molecule has 1 aromatic carbocycles. The molecule has 0 unspecified atom stereocenters. The summed E-state index contributed by atoms with van der Waals surface area (Å²) >= 11 is 0. The van der Waals surface area contributed by atoms with E-state index in [9.17, 15) is 52.3 Å². The van der Waals surface area contributed by atoms with Crippen LogP contribution in [0.2, 0.25) is 0 Å². The van der Waals surface area contributed by atoms with Crippen LogP contribution in [0.25, 0.3) is 0 Å². The molecule has 1 aromatic heterocycles. The number of carbonyl (C=O) groups excluding carboxylic acids is 1. The maximum atomic E-state index is 14.5. The van der Waals surface area contributed by atoms with Crippen molar-refractivity contribution in [1.82, 2.24) is 24.8 Å². The van der Waals surface area contributed by atoms with E-state index in [0.29, 0.717) is 31.3 Å². The van der Waals surface area contributed by atoms with Gasteiger partial charge in [-0.3, -0.25) is 4.79 Å². The molecule has 0 radical (unpaired) electrons. The minimum atomic E-state index is -4.87. The molecule has 3 aliphatic rings. The van der Waals surface area contributed by atoms with Gasteiger partial charge in [-0.1, -0.05) is 32.1 Å². The van der Waals surface area contributed by atoms with E-state index >= 15 is 0 Å². The van der Waals surface area contributed by atoms with Crippen molar-refractivity contribution in [2.45, 2.75) is 210 Å². The van der Waals surface area contributed by atoms with Crippen LogP contribution in [-0.4, -0.2) is 188 Å². The Morgan fingerprint density at radius 1 is 1.00 bits per heavy atom. The predicted molar refractivity (Wildman–Crippen MR) is 257 cm³/mol. The van der Waals surface area contributed by atoms with Crippen LogP contribution in [0.5, 0.6) is 0 Å². The van der Waals surface area contributed by atoms with E-state index in [0.717, 1.165) is 12.1 Å². The molecule has 0 saturated carbocycles. The summed E-state index contributed by atoms with van der Waals surface area (Å²) < 4.78 is 107. The Bertz CT molecular complexity index is 2090. The fourth-order valence-electron chi connectivity index (χ4n) is 11.1. The highest BCUT2D eigenvalue weighted by Gasteiger charge is 2.53. The van der Waals surface area contributed by atoms with Crippen LogP contribution in [0, 0.1) is 23.6 Å². The third-order valence-corrected chi connectivity index (χ3v) is 15.8. The molecule has 2 aromatic rings. The molecule has 418 valence electrons. The molecule has 3 fully saturated rings. The molecule has 19 atom stereocenters. The number of carbonyl (C=O) groups is 1. The topological polar surface area (TPSA) is 211 Å². The second-order valence-corrected chi connectivity index (χ2v) is 21.9. The molecule has 73 heavy (non-hydrogen) atoms. The summed E-state index contributed by atoms with van der Waals surface area (Å²) in [7, 11) is 5.06. The maximum Gasteiger partial charge on any atom is 0.419 e. The third-order valence-electron chi connectivity index (χ3n) is 15.8. The zero-order valence-corrected chi connectivity index (χ0v) is 44.6. The first-order valence-electron chi connectivity index (χ1n) is 25.5. The number of benzene rings is 1. The number of ether oxygens (including phenoxy) is 6. The van der Waals surface area contributed by atoms with Crippen molar-refractivity contribution in [1.29, 1.82) is 0 Å². The van der Waals surface area contributed by atoms with Gasteiger partial charge in [-0.15, -0.1) is 5.10 Å². The minimum absolute atomic E-state index is 0.0499. The van der Waals surface area contributed by atoms with Crippen LogP contribution < -0.4 is 0 Å². The van der Waals surface area contributed by atoms with Crippen molar-refractivity contribution >= 4 is 5.97 Å². The number of nitrogens with zero attached hydrogens (tertiary/aromatic N) is 5. The normalized spacial score (nSPS) is 39.5. The van der Waals surface area contributed by atoms with Gasteiger partial charge in [0.2, 0.25) is 0 Å². The largest absolute Gasteiger partial charge is 0.459 e. The molecule has 3 aliphatic heterocycles.